The molecule has 2 bridgehead atoms. The summed E-state index contributed by atoms with van der Waals surface area (Å²) < 4.78 is 11.3. The molecule has 28 heavy (non-hydrogen) atoms. The lowest BCUT2D eigenvalue weighted by molar-refractivity contribution is -0.158. The number of pyridine rings is 1. The molecule has 5 atom stereocenters. The highest BCUT2D eigenvalue weighted by Crippen LogP contribution is 2.43. The number of fused-ring (bicyclic) bond motifs is 4. The lowest BCUT2D eigenvalue weighted by Gasteiger charge is -2.49. The van der Waals surface area contributed by atoms with Crippen molar-refractivity contribution in [2.45, 2.75) is 43.3 Å². The van der Waals surface area contributed by atoms with Gasteiger partial charge < -0.3 is 9.47 Å². The fourth-order valence-electron chi connectivity index (χ4n) is 4.31. The number of nitrogens with zero attached hydrogens (tertiary/aromatic N) is 2. The summed E-state index contributed by atoms with van der Waals surface area (Å²) in [4.78, 5) is 31.0. The van der Waals surface area contributed by atoms with Gasteiger partial charge in [-0.2, -0.15) is 0 Å². The smallest absolute Gasteiger partial charge is 0.306 e. The van der Waals surface area contributed by atoms with Gasteiger partial charge in [0.1, 0.15) is 16.8 Å². The molecule has 7 heteroatoms. The number of methoxy groups -OCH3 is 1. The maximum Gasteiger partial charge on any atom is 0.306 e. The Morgan fingerprint density at radius 1 is 1.39 bits per heavy atom. The zero-order chi connectivity index (χ0) is 19.8. The largest absolute Gasteiger partial charge is 0.497 e. The van der Waals surface area contributed by atoms with Crippen LogP contribution in [0.1, 0.15) is 37.9 Å². The third-order valence-corrected chi connectivity index (χ3v) is 6.78. The van der Waals surface area contributed by atoms with Crippen LogP contribution < -0.4 is 4.74 Å². The van der Waals surface area contributed by atoms with E-state index in [1.165, 1.54) is 0 Å². The van der Waals surface area contributed by atoms with Gasteiger partial charge in [-0.3, -0.25) is 19.5 Å². The van der Waals surface area contributed by atoms with E-state index in [1.54, 1.807) is 20.2 Å². The minimum atomic E-state index is -0.471. The highest BCUT2D eigenvalue weighted by atomic mass is 79.9. The van der Waals surface area contributed by atoms with E-state index in [4.69, 9.17) is 9.47 Å². The molecule has 0 saturated carbocycles. The van der Waals surface area contributed by atoms with Gasteiger partial charge >= 0.3 is 5.97 Å². The van der Waals surface area contributed by atoms with Gasteiger partial charge in [0.25, 0.3) is 0 Å². The summed E-state index contributed by atoms with van der Waals surface area (Å²) in [6, 6.07) is 7.54. The highest BCUT2D eigenvalue weighted by Gasteiger charge is 2.49. The first-order valence-electron chi connectivity index (χ1n) is 9.59. The summed E-state index contributed by atoms with van der Waals surface area (Å²) in [6.07, 6.45) is 3.12. The summed E-state index contributed by atoms with van der Waals surface area (Å²) in [5.41, 5.74) is 1.72. The van der Waals surface area contributed by atoms with Crippen LogP contribution in [0.25, 0.3) is 10.9 Å². The third kappa shape index (κ3) is 3.31. The number of esters is 1. The predicted octanol–water partition coefficient (Wildman–Crippen LogP) is 3.62. The third-order valence-electron chi connectivity index (χ3n) is 5.80. The molecule has 0 N–H and O–H groups in total. The molecule has 0 aliphatic carbocycles. The Hall–Kier alpha value is -1.99. The zero-order valence-electron chi connectivity index (χ0n) is 15.9. The molecule has 0 radical (unpaired) electrons. The second-order valence-electron chi connectivity index (χ2n) is 7.31. The number of ether oxygens (including phenoxy) is 2. The van der Waals surface area contributed by atoms with E-state index >= 15 is 0 Å². The number of alkyl halides is 1. The molecule has 0 spiro atoms. The van der Waals surface area contributed by atoms with Gasteiger partial charge in [-0.05, 0) is 37.1 Å². The van der Waals surface area contributed by atoms with E-state index in [2.05, 4.69) is 25.8 Å². The van der Waals surface area contributed by atoms with Gasteiger partial charge in [0.2, 0.25) is 0 Å². The quantitative estimate of drug-likeness (QED) is 0.396. The predicted molar refractivity (Wildman–Crippen MR) is 108 cm³/mol. The van der Waals surface area contributed by atoms with Crippen LogP contribution in [-0.4, -0.2) is 46.3 Å². The second-order valence-corrected chi connectivity index (χ2v) is 8.18. The fraction of sp³-hybridized carbons (Fsp3) is 0.476. The fourth-order valence-corrected chi connectivity index (χ4v) is 5.19. The van der Waals surface area contributed by atoms with Crippen molar-refractivity contribution in [2.75, 3.05) is 13.7 Å². The first-order valence-corrected chi connectivity index (χ1v) is 10.5. The van der Waals surface area contributed by atoms with Crippen molar-refractivity contribution in [3.8, 4) is 5.75 Å². The summed E-state index contributed by atoms with van der Waals surface area (Å²) in [7, 11) is 1.62. The monoisotopic (exact) mass is 446 g/mol. The van der Waals surface area contributed by atoms with Crippen molar-refractivity contribution in [1.82, 2.24) is 9.88 Å². The number of Topliss-reactive ketones (excluding diaryl/α,β-unsaturated/α-hetero) is 1. The minimum Gasteiger partial charge on any atom is -0.497 e. The zero-order valence-corrected chi connectivity index (χ0v) is 17.5. The van der Waals surface area contributed by atoms with E-state index in [9.17, 15) is 9.59 Å². The van der Waals surface area contributed by atoms with Crippen LogP contribution in [0.15, 0.2) is 30.5 Å². The molecule has 1 aromatic carbocycles. The Balaban J connectivity index is 1.80. The number of rotatable bonds is 5. The van der Waals surface area contributed by atoms with Crippen LogP contribution in [0, 0.1) is 5.92 Å². The van der Waals surface area contributed by atoms with Crippen LogP contribution >= 0.6 is 15.9 Å². The van der Waals surface area contributed by atoms with E-state index < -0.39 is 6.10 Å². The van der Waals surface area contributed by atoms with Gasteiger partial charge in [0, 0.05) is 36.0 Å². The number of hydrogen-bond donors (Lipinski definition) is 0. The van der Waals surface area contributed by atoms with Gasteiger partial charge in [0.05, 0.1) is 18.7 Å². The van der Waals surface area contributed by atoms with Crippen molar-refractivity contribution in [2.24, 2.45) is 5.92 Å². The van der Waals surface area contributed by atoms with E-state index in [0.29, 0.717) is 12.8 Å². The lowest BCUT2D eigenvalue weighted by atomic mass is 9.78. The van der Waals surface area contributed by atoms with E-state index in [1.807, 2.05) is 24.3 Å². The van der Waals surface area contributed by atoms with Crippen LogP contribution in [-0.2, 0) is 14.3 Å². The van der Waals surface area contributed by atoms with Crippen molar-refractivity contribution >= 4 is 38.6 Å². The highest BCUT2D eigenvalue weighted by molar-refractivity contribution is 9.09. The average Bonchev–Trinajstić information content (AvgIpc) is 2.74. The number of halogens is 1. The Morgan fingerprint density at radius 3 is 2.93 bits per heavy atom. The molecule has 1 aromatic heterocycles. The van der Waals surface area contributed by atoms with Gasteiger partial charge in [-0.15, -0.1) is 0 Å². The standard InChI is InChI=1S/C21H23BrN2O4/c1-3-18(25)28-20(17-10-12-7-9-24(17)21(22)19(12)26)14-6-8-23-16-5-4-13(27-2)11-15(14)16/h4-6,8,11-12,17,20-21H,3,7,9-10H2,1-2H3/t12-,17+,20-,21+/m0/s1. The molecular formula is C21H23BrN2O4. The summed E-state index contributed by atoms with van der Waals surface area (Å²) in [5.74, 6) is 0.702. The number of piperidine rings is 3. The van der Waals surface area contributed by atoms with Crippen molar-refractivity contribution in [3.63, 3.8) is 0 Å². The van der Waals surface area contributed by atoms with Gasteiger partial charge in [-0.25, -0.2) is 0 Å². The Kier molecular flexibility index (Phi) is 5.38. The average molecular weight is 447 g/mol. The molecule has 3 fully saturated rings. The van der Waals surface area contributed by atoms with Crippen LogP contribution in [0.5, 0.6) is 5.75 Å². The molecule has 0 amide bonds. The Labute approximate surface area is 172 Å². The molecule has 148 valence electrons. The number of carbonyl (C=O) groups excluding carboxylic acids is 2. The van der Waals surface area contributed by atoms with Gasteiger partial charge in [-0.1, -0.05) is 22.9 Å². The SMILES string of the molecule is CCC(=O)O[C@@H](c1ccnc2ccc(OC)cc12)[C@H]1C[C@@H]2CCN1[C@@H](Br)C2=O. The molecular weight excluding hydrogens is 424 g/mol. The molecule has 3 aliphatic heterocycles. The second kappa shape index (κ2) is 7.79. The summed E-state index contributed by atoms with van der Waals surface area (Å²) in [6.45, 7) is 2.60. The van der Waals surface area contributed by atoms with Crippen molar-refractivity contribution in [3.05, 3.63) is 36.0 Å². The van der Waals surface area contributed by atoms with Crippen LogP contribution in [0.4, 0.5) is 0 Å². The molecule has 1 unspecified atom stereocenters. The number of carbonyl (C=O) groups is 2. The van der Waals surface area contributed by atoms with Gasteiger partial charge in [0.15, 0.2) is 5.78 Å². The normalized spacial score (nSPS) is 27.6. The summed E-state index contributed by atoms with van der Waals surface area (Å²) in [5, 5.41) is 0.899. The molecule has 5 rings (SSSR count). The molecule has 6 nitrogen and oxygen atoms in total. The Bertz CT molecular complexity index is 914. The minimum absolute atomic E-state index is 0.00448. The first-order chi connectivity index (χ1) is 13.5. The number of ketones is 1. The summed E-state index contributed by atoms with van der Waals surface area (Å²) >= 11 is 3.55. The number of aromatic nitrogens is 1. The maximum absolute atomic E-state index is 12.4. The first kappa shape index (κ1) is 19.3. The molecule has 3 aliphatic rings. The number of benzene rings is 1. The molecule has 2 aromatic rings. The topological polar surface area (TPSA) is 68.7 Å². The number of hydrogen-bond acceptors (Lipinski definition) is 6. The van der Waals surface area contributed by atoms with Crippen molar-refractivity contribution < 1.29 is 19.1 Å². The maximum atomic E-state index is 12.4. The van der Waals surface area contributed by atoms with E-state index in [0.717, 1.165) is 35.2 Å². The Morgan fingerprint density at radius 2 is 2.21 bits per heavy atom. The molecule has 4 heterocycles. The van der Waals surface area contributed by atoms with Crippen molar-refractivity contribution in [1.29, 1.82) is 0 Å². The molecule has 3 saturated heterocycles. The van der Waals surface area contributed by atoms with Crippen LogP contribution in [0.2, 0.25) is 0 Å². The van der Waals surface area contributed by atoms with Crippen LogP contribution in [0.3, 0.4) is 0 Å². The lowest BCUT2D eigenvalue weighted by Crippen LogP contribution is -2.59. The van der Waals surface area contributed by atoms with E-state index in [-0.39, 0.29) is 28.7 Å².